The molecule has 1 atom stereocenters. The fraction of sp³-hybridized carbons (Fsp3) is 0.429. The number of nitrogens with zero attached hydrogens (tertiary/aromatic N) is 5. The number of piperidine rings is 1. The van der Waals surface area contributed by atoms with E-state index in [-0.39, 0.29) is 23.5 Å². The second-order valence-corrected chi connectivity index (χ2v) is 9.84. The van der Waals surface area contributed by atoms with E-state index in [1.54, 1.807) is 38.1 Å². The molecule has 0 bridgehead atoms. The summed E-state index contributed by atoms with van der Waals surface area (Å²) in [4.78, 5) is 37.1. The van der Waals surface area contributed by atoms with Crippen LogP contribution >= 0.6 is 11.6 Å². The first-order chi connectivity index (χ1) is 18.5. The Morgan fingerprint density at radius 2 is 1.72 bits per heavy atom. The van der Waals surface area contributed by atoms with E-state index in [9.17, 15) is 22.8 Å². The van der Waals surface area contributed by atoms with Gasteiger partial charge in [0, 0.05) is 61.5 Å². The van der Waals surface area contributed by atoms with Crippen molar-refractivity contribution >= 4 is 35.5 Å². The van der Waals surface area contributed by atoms with Crippen LogP contribution in [0.25, 0.3) is 0 Å². The topological polar surface area (TPSA) is 68.6 Å². The number of hydrogen-bond donors (Lipinski definition) is 0. The maximum absolute atomic E-state index is 13.7. The Balaban J connectivity index is 1.64. The van der Waals surface area contributed by atoms with E-state index in [4.69, 9.17) is 11.6 Å². The minimum Gasteiger partial charge on any atom is -0.359 e. The van der Waals surface area contributed by atoms with Crippen molar-refractivity contribution in [3.63, 3.8) is 0 Å². The summed E-state index contributed by atoms with van der Waals surface area (Å²) in [6.45, 7) is 10.4. The highest BCUT2D eigenvalue weighted by Crippen LogP contribution is 2.23. The van der Waals surface area contributed by atoms with E-state index >= 15 is 0 Å². The molecule has 2 saturated heterocycles. The van der Waals surface area contributed by atoms with Crippen LogP contribution < -0.4 is 0 Å². The number of alkyl halides is 3. The van der Waals surface area contributed by atoms with E-state index in [0.29, 0.717) is 61.7 Å². The van der Waals surface area contributed by atoms with Crippen molar-refractivity contribution in [3.05, 3.63) is 70.9 Å². The molecular weight excluding hydrogens is 531 g/mol. The Morgan fingerprint density at radius 1 is 1.05 bits per heavy atom. The highest BCUT2D eigenvalue weighted by atomic mass is 35.5. The zero-order valence-corrected chi connectivity index (χ0v) is 22.9. The van der Waals surface area contributed by atoms with E-state index in [0.717, 1.165) is 12.8 Å². The average molecular weight is 564 g/mol. The molecule has 1 aromatic carbocycles. The standard InChI is InChI=1S/C28H33ClF3N5O2/c1-4-22(19-38)8-7-20(2)33-27(28(30,31)32)34-21(3)37-13-5-6-25(18-37)35-14-16-36(17-15-35)26(39)23-9-11-24(29)12-10-23/h4,7-12,19,25H,2,5-6,13-18H2,1,3H3/b8-7-,22-4?,33-27?,34-21?/t25-/m1/s1. The van der Waals surface area contributed by atoms with Gasteiger partial charge in [-0.25, -0.2) is 9.98 Å². The van der Waals surface area contributed by atoms with Crippen molar-refractivity contribution < 1.29 is 22.8 Å². The maximum atomic E-state index is 13.7. The quantitative estimate of drug-likeness (QED) is 0.158. The molecule has 0 saturated carbocycles. The number of amidine groups is 2. The Morgan fingerprint density at radius 3 is 2.31 bits per heavy atom. The van der Waals surface area contributed by atoms with Gasteiger partial charge in [-0.15, -0.1) is 0 Å². The molecule has 210 valence electrons. The van der Waals surface area contributed by atoms with Crippen LogP contribution in [0.2, 0.25) is 5.02 Å². The summed E-state index contributed by atoms with van der Waals surface area (Å²) in [7, 11) is 0. The van der Waals surface area contributed by atoms with Gasteiger partial charge in [-0.3, -0.25) is 14.5 Å². The summed E-state index contributed by atoms with van der Waals surface area (Å²) >= 11 is 5.92. The number of amides is 1. The minimum atomic E-state index is -4.77. The smallest absolute Gasteiger partial charge is 0.359 e. The van der Waals surface area contributed by atoms with Gasteiger partial charge in [-0.2, -0.15) is 13.2 Å². The number of likely N-dealkylation sites (tertiary alicyclic amines) is 1. The lowest BCUT2D eigenvalue weighted by Gasteiger charge is -2.43. The number of aldehydes is 1. The van der Waals surface area contributed by atoms with Gasteiger partial charge < -0.3 is 9.80 Å². The van der Waals surface area contributed by atoms with E-state index in [1.165, 1.54) is 18.2 Å². The highest BCUT2D eigenvalue weighted by Gasteiger charge is 2.37. The highest BCUT2D eigenvalue weighted by molar-refractivity contribution is 6.30. The molecule has 2 aliphatic heterocycles. The molecule has 2 heterocycles. The summed E-state index contributed by atoms with van der Waals surface area (Å²) in [6, 6.07) is 6.96. The SMILES string of the molecule is C=C(/C=C\C(C=O)=CC)N=C(N=C(C)N1CCC[C@@H](N2CCN(C(=O)c3ccc(Cl)cc3)CC2)C1)C(F)(F)F. The van der Waals surface area contributed by atoms with Crippen LogP contribution in [-0.2, 0) is 4.79 Å². The lowest BCUT2D eigenvalue weighted by molar-refractivity contribution is -0.104. The van der Waals surface area contributed by atoms with Gasteiger partial charge in [0.05, 0.1) is 5.70 Å². The predicted octanol–water partition coefficient (Wildman–Crippen LogP) is 5.16. The van der Waals surface area contributed by atoms with Crippen LogP contribution in [-0.4, -0.2) is 90.1 Å². The third kappa shape index (κ3) is 8.63. The fourth-order valence-electron chi connectivity index (χ4n) is 4.56. The van der Waals surface area contributed by atoms with Crippen molar-refractivity contribution in [2.75, 3.05) is 39.3 Å². The molecule has 39 heavy (non-hydrogen) atoms. The summed E-state index contributed by atoms with van der Waals surface area (Å²) in [5.74, 6) is -1.10. The van der Waals surface area contributed by atoms with Crippen molar-refractivity contribution in [3.8, 4) is 0 Å². The van der Waals surface area contributed by atoms with E-state index in [1.807, 2.05) is 9.80 Å². The second-order valence-electron chi connectivity index (χ2n) is 9.40. The Kier molecular flexibility index (Phi) is 10.7. The molecule has 0 N–H and O–H groups in total. The van der Waals surface area contributed by atoms with Crippen LogP contribution in [0.15, 0.2) is 70.3 Å². The van der Waals surface area contributed by atoms with Gasteiger partial charge in [0.1, 0.15) is 12.1 Å². The van der Waals surface area contributed by atoms with Gasteiger partial charge in [0.25, 0.3) is 5.91 Å². The molecule has 7 nitrogen and oxygen atoms in total. The van der Waals surface area contributed by atoms with Gasteiger partial charge >= 0.3 is 6.18 Å². The van der Waals surface area contributed by atoms with E-state index in [2.05, 4.69) is 21.5 Å². The molecule has 11 heteroatoms. The third-order valence-electron chi connectivity index (χ3n) is 6.77. The summed E-state index contributed by atoms with van der Waals surface area (Å²) in [5.41, 5.74) is 0.728. The van der Waals surface area contributed by atoms with Crippen molar-refractivity contribution in [2.45, 2.75) is 38.9 Å². The van der Waals surface area contributed by atoms with E-state index < -0.39 is 12.0 Å². The average Bonchev–Trinajstić information content (AvgIpc) is 2.93. The number of carbonyl (C=O) groups excluding carboxylic acids is 2. The Labute approximate surface area is 232 Å². The minimum absolute atomic E-state index is 0.0388. The predicted molar refractivity (Wildman–Crippen MR) is 148 cm³/mol. The Bertz CT molecular complexity index is 1170. The maximum Gasteiger partial charge on any atom is 0.451 e. The molecule has 0 aliphatic carbocycles. The number of hydrogen-bond acceptors (Lipinski definition) is 4. The first kappa shape index (κ1) is 30.3. The van der Waals surface area contributed by atoms with Crippen LogP contribution in [0.5, 0.6) is 0 Å². The van der Waals surface area contributed by atoms with Gasteiger partial charge in [0.2, 0.25) is 5.84 Å². The number of piperazine rings is 1. The van der Waals surface area contributed by atoms with Crippen molar-refractivity contribution in [1.29, 1.82) is 0 Å². The van der Waals surface area contributed by atoms with Gasteiger partial charge in [0.15, 0.2) is 0 Å². The molecule has 1 amide bonds. The lowest BCUT2D eigenvalue weighted by Crippen LogP contribution is -2.56. The van der Waals surface area contributed by atoms with Crippen LogP contribution in [0, 0.1) is 0 Å². The molecule has 0 aromatic heterocycles. The number of allylic oxidation sites excluding steroid dienone is 4. The fourth-order valence-corrected chi connectivity index (χ4v) is 4.68. The normalized spacial score (nSPS) is 20.5. The summed E-state index contributed by atoms with van der Waals surface area (Å²) in [5, 5.41) is 0.574. The summed E-state index contributed by atoms with van der Waals surface area (Å²) < 4.78 is 41.1. The molecular formula is C28H33ClF3N5O2. The second kappa shape index (κ2) is 13.7. The van der Waals surface area contributed by atoms with Gasteiger partial charge in [-0.05, 0) is 63.1 Å². The molecule has 0 radical (unpaired) electrons. The molecule has 0 spiro atoms. The first-order valence-electron chi connectivity index (χ1n) is 12.7. The number of halogens is 4. The van der Waals surface area contributed by atoms with Crippen molar-refractivity contribution in [1.82, 2.24) is 14.7 Å². The first-order valence-corrected chi connectivity index (χ1v) is 13.1. The zero-order chi connectivity index (χ0) is 28.6. The third-order valence-corrected chi connectivity index (χ3v) is 7.02. The largest absolute Gasteiger partial charge is 0.451 e. The molecule has 3 rings (SSSR count). The number of carbonyl (C=O) groups is 2. The summed E-state index contributed by atoms with van der Waals surface area (Å²) in [6.07, 6.45) is 1.67. The number of rotatable bonds is 6. The molecule has 2 aliphatic rings. The number of aliphatic imine (C=N–C) groups is 2. The molecule has 2 fully saturated rings. The lowest BCUT2D eigenvalue weighted by atomic mass is 10.0. The van der Waals surface area contributed by atoms with Crippen LogP contribution in [0.1, 0.15) is 37.0 Å². The van der Waals surface area contributed by atoms with Crippen molar-refractivity contribution in [2.24, 2.45) is 9.98 Å². The Hall–Kier alpha value is -3.24. The van der Waals surface area contributed by atoms with Crippen LogP contribution in [0.3, 0.4) is 0 Å². The zero-order valence-electron chi connectivity index (χ0n) is 22.1. The van der Waals surface area contributed by atoms with Gasteiger partial charge in [-0.1, -0.05) is 24.3 Å². The molecule has 1 aromatic rings. The van der Waals surface area contributed by atoms with Crippen LogP contribution in [0.4, 0.5) is 13.2 Å². The monoisotopic (exact) mass is 563 g/mol. The number of benzene rings is 1. The molecule has 0 unspecified atom stereocenters.